The number of carboxylic acids is 1. The highest BCUT2D eigenvalue weighted by atomic mass is 32.2. The van der Waals surface area contributed by atoms with Gasteiger partial charge in [-0.3, -0.25) is 14.5 Å². The monoisotopic (exact) mass is 486 g/mol. The zero-order chi connectivity index (χ0) is 24.0. The van der Waals surface area contributed by atoms with E-state index in [4.69, 9.17) is 22.1 Å². The summed E-state index contributed by atoms with van der Waals surface area (Å²) >= 11 is 6.51. The molecule has 3 N–H and O–H groups in total. The number of benzene rings is 2. The molecule has 2 amide bonds. The Bertz CT molecular complexity index is 1110. The van der Waals surface area contributed by atoms with Crippen LogP contribution >= 0.6 is 24.0 Å². The summed E-state index contributed by atoms with van der Waals surface area (Å²) in [6.07, 6.45) is 2.27. The van der Waals surface area contributed by atoms with Crippen LogP contribution in [0.2, 0.25) is 0 Å². The molecule has 1 heterocycles. The normalized spacial score (nSPS) is 14.6. The molecule has 0 saturated carbocycles. The van der Waals surface area contributed by atoms with Crippen LogP contribution in [0.15, 0.2) is 47.4 Å². The van der Waals surface area contributed by atoms with Gasteiger partial charge in [0, 0.05) is 18.7 Å². The second-order valence-corrected chi connectivity index (χ2v) is 8.70. The molecule has 1 aliphatic rings. The lowest BCUT2D eigenvalue weighted by Gasteiger charge is -2.14. The predicted molar refractivity (Wildman–Crippen MR) is 130 cm³/mol. The number of hydrogen-bond donors (Lipinski definition) is 3. The van der Waals surface area contributed by atoms with Crippen LogP contribution in [-0.2, 0) is 9.59 Å². The number of thioether (sulfide) groups is 1. The third-order valence-electron chi connectivity index (χ3n) is 4.66. The fraction of sp³-hybridized carbons (Fsp3) is 0.217. The minimum Gasteiger partial charge on any atom is -0.504 e. The highest BCUT2D eigenvalue weighted by Gasteiger charge is 2.31. The van der Waals surface area contributed by atoms with Crippen molar-refractivity contribution in [1.82, 2.24) is 4.90 Å². The van der Waals surface area contributed by atoms with Gasteiger partial charge < -0.3 is 20.3 Å². The van der Waals surface area contributed by atoms with Crippen LogP contribution in [0.25, 0.3) is 6.08 Å². The van der Waals surface area contributed by atoms with Crippen LogP contribution in [0.1, 0.15) is 35.7 Å². The van der Waals surface area contributed by atoms with Gasteiger partial charge in [-0.15, -0.1) is 0 Å². The Morgan fingerprint density at radius 2 is 1.94 bits per heavy atom. The average Bonchev–Trinajstić information content (AvgIpc) is 3.04. The van der Waals surface area contributed by atoms with E-state index in [-0.39, 0.29) is 29.5 Å². The zero-order valence-electron chi connectivity index (χ0n) is 17.7. The topological polar surface area (TPSA) is 116 Å². The van der Waals surface area contributed by atoms with Gasteiger partial charge in [0.05, 0.1) is 17.1 Å². The van der Waals surface area contributed by atoms with Gasteiger partial charge in [0.2, 0.25) is 5.91 Å². The summed E-state index contributed by atoms with van der Waals surface area (Å²) in [7, 11) is 0. The van der Waals surface area contributed by atoms with Crippen LogP contribution in [0.5, 0.6) is 11.5 Å². The van der Waals surface area contributed by atoms with Crippen molar-refractivity contribution in [3.63, 3.8) is 0 Å². The number of thiocarbonyl (C=S) groups is 1. The van der Waals surface area contributed by atoms with Crippen LogP contribution < -0.4 is 10.1 Å². The molecule has 0 aliphatic carbocycles. The molecule has 8 nitrogen and oxygen atoms in total. The number of nitrogens with zero attached hydrogens (tertiary/aromatic N) is 1. The van der Waals surface area contributed by atoms with E-state index in [2.05, 4.69) is 5.32 Å². The van der Waals surface area contributed by atoms with E-state index in [0.29, 0.717) is 45.8 Å². The molecule has 172 valence electrons. The predicted octanol–water partition coefficient (Wildman–Crippen LogP) is 4.11. The van der Waals surface area contributed by atoms with E-state index < -0.39 is 5.97 Å². The standard InChI is InChI=1S/C23H22N2O6S2/c1-2-31-18-12-14(5-10-17(18)26)13-19-21(28)25(23(32)33-19)11-3-4-20(27)24-16-8-6-15(7-9-16)22(29)30/h5-10,12-13,26H,2-4,11H2,1H3,(H,24,27)(H,29,30)/b19-13-. The molecule has 1 aliphatic heterocycles. The number of phenols is 1. The Kier molecular flexibility index (Phi) is 8.07. The first-order valence-corrected chi connectivity index (χ1v) is 11.4. The number of anilines is 1. The minimum atomic E-state index is -1.04. The number of aromatic hydroxyl groups is 1. The zero-order valence-corrected chi connectivity index (χ0v) is 19.4. The molecule has 3 rings (SSSR count). The molecule has 0 unspecified atom stereocenters. The Morgan fingerprint density at radius 1 is 1.21 bits per heavy atom. The highest BCUT2D eigenvalue weighted by molar-refractivity contribution is 8.26. The fourth-order valence-corrected chi connectivity index (χ4v) is 4.36. The number of rotatable bonds is 9. The maximum Gasteiger partial charge on any atom is 0.335 e. The molecule has 0 atom stereocenters. The van der Waals surface area contributed by atoms with Gasteiger partial charge in [0.25, 0.3) is 5.91 Å². The summed E-state index contributed by atoms with van der Waals surface area (Å²) in [5.41, 5.74) is 1.33. The Hall–Kier alpha value is -3.37. The van der Waals surface area contributed by atoms with Gasteiger partial charge >= 0.3 is 5.97 Å². The minimum absolute atomic E-state index is 0.0256. The van der Waals surface area contributed by atoms with Gasteiger partial charge in [0.15, 0.2) is 11.5 Å². The van der Waals surface area contributed by atoms with Gasteiger partial charge in [-0.25, -0.2) is 4.79 Å². The van der Waals surface area contributed by atoms with E-state index in [9.17, 15) is 19.5 Å². The quantitative estimate of drug-likeness (QED) is 0.358. The number of phenolic OH excluding ortho intramolecular Hbond substituents is 1. The SMILES string of the molecule is CCOc1cc(/C=C2\SC(=S)N(CCCC(=O)Nc3ccc(C(=O)O)cc3)C2=O)ccc1O. The average molecular weight is 487 g/mol. The first-order chi connectivity index (χ1) is 15.8. The number of carbonyl (C=O) groups excluding carboxylic acids is 2. The first kappa shape index (κ1) is 24.3. The van der Waals surface area contributed by atoms with Crippen molar-refractivity contribution in [2.24, 2.45) is 0 Å². The van der Waals surface area contributed by atoms with E-state index in [1.54, 1.807) is 18.2 Å². The summed E-state index contributed by atoms with van der Waals surface area (Å²) in [4.78, 5) is 37.7. The van der Waals surface area contributed by atoms with Crippen LogP contribution in [0, 0.1) is 0 Å². The first-order valence-electron chi connectivity index (χ1n) is 10.1. The summed E-state index contributed by atoms with van der Waals surface area (Å²) in [5.74, 6) is -1.15. The maximum absolute atomic E-state index is 12.8. The molecule has 0 bridgehead atoms. The Morgan fingerprint density at radius 3 is 2.61 bits per heavy atom. The number of hydrogen-bond acceptors (Lipinski definition) is 7. The summed E-state index contributed by atoms with van der Waals surface area (Å²) < 4.78 is 5.79. The highest BCUT2D eigenvalue weighted by Crippen LogP contribution is 2.34. The Balaban J connectivity index is 1.54. The number of carboxylic acid groups (broad SMARTS) is 1. The third kappa shape index (κ3) is 6.33. The molecule has 1 saturated heterocycles. The molecule has 0 aromatic heterocycles. The molecule has 1 fully saturated rings. The number of amides is 2. The van der Waals surface area contributed by atoms with E-state index in [0.717, 1.165) is 0 Å². The summed E-state index contributed by atoms with van der Waals surface area (Å²) in [6, 6.07) is 10.7. The van der Waals surface area contributed by atoms with Crippen molar-refractivity contribution >= 4 is 57.8 Å². The lowest BCUT2D eigenvalue weighted by atomic mass is 10.2. The maximum atomic E-state index is 12.8. The van der Waals surface area contributed by atoms with Crippen molar-refractivity contribution < 1.29 is 29.3 Å². The smallest absolute Gasteiger partial charge is 0.335 e. The summed E-state index contributed by atoms with van der Waals surface area (Å²) in [6.45, 7) is 2.51. The molecule has 2 aromatic carbocycles. The van der Waals surface area contributed by atoms with Gasteiger partial charge in [-0.1, -0.05) is 30.0 Å². The number of carbonyl (C=O) groups is 3. The lowest BCUT2D eigenvalue weighted by molar-refractivity contribution is -0.122. The number of aromatic carboxylic acids is 1. The van der Waals surface area contributed by atoms with Crippen LogP contribution in [0.3, 0.4) is 0 Å². The second kappa shape index (κ2) is 11.0. The largest absolute Gasteiger partial charge is 0.504 e. The van der Waals surface area contributed by atoms with Gasteiger partial charge in [-0.05, 0) is 61.4 Å². The molecule has 2 aromatic rings. The van der Waals surface area contributed by atoms with Crippen LogP contribution in [0.4, 0.5) is 5.69 Å². The van der Waals surface area contributed by atoms with E-state index in [1.807, 2.05) is 6.92 Å². The molecule has 0 spiro atoms. The van der Waals surface area contributed by atoms with Crippen molar-refractivity contribution in [1.29, 1.82) is 0 Å². The van der Waals surface area contributed by atoms with Crippen molar-refractivity contribution in [3.05, 3.63) is 58.5 Å². The second-order valence-electron chi connectivity index (χ2n) is 7.03. The van der Waals surface area contributed by atoms with Crippen molar-refractivity contribution in [2.45, 2.75) is 19.8 Å². The lowest BCUT2D eigenvalue weighted by Crippen LogP contribution is -2.29. The van der Waals surface area contributed by atoms with Gasteiger partial charge in [0.1, 0.15) is 4.32 Å². The van der Waals surface area contributed by atoms with Crippen LogP contribution in [-0.4, -0.2) is 50.4 Å². The molecular weight excluding hydrogens is 464 g/mol. The van der Waals surface area contributed by atoms with Gasteiger partial charge in [-0.2, -0.15) is 0 Å². The van der Waals surface area contributed by atoms with Crippen molar-refractivity contribution in [3.8, 4) is 11.5 Å². The van der Waals surface area contributed by atoms with E-state index in [1.165, 1.54) is 47.0 Å². The number of ether oxygens (including phenoxy) is 1. The summed E-state index contributed by atoms with van der Waals surface area (Å²) in [5, 5.41) is 21.4. The molecule has 10 heteroatoms. The Labute approximate surface area is 200 Å². The molecule has 33 heavy (non-hydrogen) atoms. The van der Waals surface area contributed by atoms with Crippen molar-refractivity contribution in [2.75, 3.05) is 18.5 Å². The molecule has 0 radical (unpaired) electrons. The molecular formula is C23H22N2O6S2. The van der Waals surface area contributed by atoms with E-state index >= 15 is 0 Å². The number of nitrogens with one attached hydrogen (secondary N) is 1. The fourth-order valence-electron chi connectivity index (χ4n) is 3.05. The third-order valence-corrected chi connectivity index (χ3v) is 6.03.